The van der Waals surface area contributed by atoms with E-state index in [0.29, 0.717) is 0 Å². The second kappa shape index (κ2) is 9.65. The molecule has 4 nitrogen and oxygen atoms in total. The first-order valence-electron chi connectivity index (χ1n) is 10.9. The van der Waals surface area contributed by atoms with Crippen molar-refractivity contribution in [1.29, 1.82) is 0 Å². The maximum Gasteiger partial charge on any atom is 0.314 e. The Labute approximate surface area is 187 Å². The number of hydrogen-bond donors (Lipinski definition) is 0. The van der Waals surface area contributed by atoms with Crippen molar-refractivity contribution < 1.29 is 19.1 Å². The molecule has 0 bridgehead atoms. The molecular weight excluding hydrogens is 400 g/mol. The fraction of sp³-hybridized carbons (Fsp3) is 0.214. The van der Waals surface area contributed by atoms with Crippen LogP contribution in [0.25, 0.3) is 21.5 Å². The molecule has 4 aromatic carbocycles. The van der Waals surface area contributed by atoms with Gasteiger partial charge in [0.25, 0.3) is 0 Å². The summed E-state index contributed by atoms with van der Waals surface area (Å²) in [6.45, 7) is 4.00. The molecule has 0 heterocycles. The zero-order chi connectivity index (χ0) is 22.5. The summed E-state index contributed by atoms with van der Waals surface area (Å²) in [6.07, 6.45) is 0. The predicted molar refractivity (Wildman–Crippen MR) is 127 cm³/mol. The van der Waals surface area contributed by atoms with Gasteiger partial charge in [0, 0.05) is 0 Å². The number of hydrogen-bond acceptors (Lipinski definition) is 4. The van der Waals surface area contributed by atoms with Crippen LogP contribution in [0.1, 0.15) is 36.8 Å². The standard InChI is InChI=1S/C28H26O4/c1-3-31-27(29)25(23-15-13-19-9-5-7-11-21(19)17-23)26(28(30)32-4-2)24-16-14-20-10-6-8-12-22(20)18-24/h5-18,25-26H,3-4H2,1-2H3. The Morgan fingerprint density at radius 3 is 1.34 bits per heavy atom. The average molecular weight is 427 g/mol. The molecule has 2 atom stereocenters. The van der Waals surface area contributed by atoms with Crippen LogP contribution in [0.3, 0.4) is 0 Å². The number of benzene rings is 4. The third kappa shape index (κ3) is 4.35. The Morgan fingerprint density at radius 2 is 0.969 bits per heavy atom. The fourth-order valence-corrected chi connectivity index (χ4v) is 4.20. The van der Waals surface area contributed by atoms with E-state index in [1.54, 1.807) is 13.8 Å². The molecule has 2 unspecified atom stereocenters. The van der Waals surface area contributed by atoms with Gasteiger partial charge in [-0.25, -0.2) is 0 Å². The van der Waals surface area contributed by atoms with Gasteiger partial charge in [-0.3, -0.25) is 9.59 Å². The Hall–Kier alpha value is -3.66. The monoisotopic (exact) mass is 426 g/mol. The molecular formula is C28H26O4. The summed E-state index contributed by atoms with van der Waals surface area (Å²) in [6, 6.07) is 27.6. The van der Waals surface area contributed by atoms with Gasteiger partial charge < -0.3 is 9.47 Å². The van der Waals surface area contributed by atoms with Crippen LogP contribution >= 0.6 is 0 Å². The van der Waals surface area contributed by atoms with Crippen molar-refractivity contribution in [3.05, 3.63) is 96.1 Å². The third-order valence-electron chi connectivity index (χ3n) is 5.68. The van der Waals surface area contributed by atoms with Gasteiger partial charge in [0.1, 0.15) is 0 Å². The van der Waals surface area contributed by atoms with E-state index in [-0.39, 0.29) is 13.2 Å². The molecule has 4 aromatic rings. The molecule has 32 heavy (non-hydrogen) atoms. The predicted octanol–water partition coefficient (Wildman–Crippen LogP) is 5.99. The molecule has 0 N–H and O–H groups in total. The van der Waals surface area contributed by atoms with Crippen LogP contribution < -0.4 is 0 Å². The number of rotatable bonds is 7. The van der Waals surface area contributed by atoms with Crippen molar-refractivity contribution in [3.8, 4) is 0 Å². The van der Waals surface area contributed by atoms with E-state index in [0.717, 1.165) is 32.7 Å². The van der Waals surface area contributed by atoms with Crippen LogP contribution in [0.4, 0.5) is 0 Å². The third-order valence-corrected chi connectivity index (χ3v) is 5.68. The number of carbonyl (C=O) groups is 2. The Bertz CT molecular complexity index is 1160. The smallest absolute Gasteiger partial charge is 0.314 e. The normalized spacial score (nSPS) is 12.9. The highest BCUT2D eigenvalue weighted by Gasteiger charge is 2.38. The van der Waals surface area contributed by atoms with Crippen molar-refractivity contribution in [2.24, 2.45) is 0 Å². The molecule has 0 saturated carbocycles. The molecule has 0 aliphatic heterocycles. The lowest BCUT2D eigenvalue weighted by molar-refractivity contribution is -0.153. The molecule has 162 valence electrons. The average Bonchev–Trinajstić information content (AvgIpc) is 2.82. The Balaban J connectivity index is 1.88. The van der Waals surface area contributed by atoms with Crippen LogP contribution in [0, 0.1) is 0 Å². The van der Waals surface area contributed by atoms with E-state index in [9.17, 15) is 9.59 Å². The van der Waals surface area contributed by atoms with Gasteiger partial charge >= 0.3 is 11.9 Å². The molecule has 0 spiro atoms. The molecule has 4 heteroatoms. The van der Waals surface area contributed by atoms with Crippen molar-refractivity contribution in [3.63, 3.8) is 0 Å². The first-order valence-corrected chi connectivity index (χ1v) is 10.9. The summed E-state index contributed by atoms with van der Waals surface area (Å²) in [5.74, 6) is -2.51. The lowest BCUT2D eigenvalue weighted by Gasteiger charge is -2.25. The van der Waals surface area contributed by atoms with Gasteiger partial charge in [-0.15, -0.1) is 0 Å². The molecule has 0 aliphatic carbocycles. The summed E-state index contributed by atoms with van der Waals surface area (Å²) >= 11 is 0. The van der Waals surface area contributed by atoms with E-state index in [1.165, 1.54) is 0 Å². The highest BCUT2D eigenvalue weighted by molar-refractivity contribution is 5.93. The Kier molecular flexibility index (Phi) is 6.50. The minimum atomic E-state index is -0.820. The van der Waals surface area contributed by atoms with Crippen molar-refractivity contribution in [2.75, 3.05) is 13.2 Å². The van der Waals surface area contributed by atoms with Gasteiger partial charge in [0.15, 0.2) is 0 Å². The second-order valence-corrected chi connectivity index (χ2v) is 7.67. The lowest BCUT2D eigenvalue weighted by atomic mass is 9.80. The summed E-state index contributed by atoms with van der Waals surface area (Å²) in [5, 5.41) is 4.13. The summed E-state index contributed by atoms with van der Waals surface area (Å²) in [5.41, 5.74) is 1.46. The van der Waals surface area contributed by atoms with Crippen LogP contribution in [0.2, 0.25) is 0 Å². The molecule has 4 rings (SSSR count). The minimum Gasteiger partial charge on any atom is -0.465 e. The largest absolute Gasteiger partial charge is 0.465 e. The van der Waals surface area contributed by atoms with Crippen LogP contribution in [0.15, 0.2) is 84.9 Å². The summed E-state index contributed by atoms with van der Waals surface area (Å²) in [7, 11) is 0. The number of esters is 2. The topological polar surface area (TPSA) is 52.6 Å². The van der Waals surface area contributed by atoms with Crippen molar-refractivity contribution >= 4 is 33.5 Å². The zero-order valence-electron chi connectivity index (χ0n) is 18.3. The van der Waals surface area contributed by atoms with E-state index in [2.05, 4.69) is 0 Å². The number of carbonyl (C=O) groups excluding carboxylic acids is 2. The van der Waals surface area contributed by atoms with Crippen molar-refractivity contribution in [1.82, 2.24) is 0 Å². The minimum absolute atomic E-state index is 0.232. The van der Waals surface area contributed by atoms with E-state index < -0.39 is 23.8 Å². The second-order valence-electron chi connectivity index (χ2n) is 7.67. The van der Waals surface area contributed by atoms with Gasteiger partial charge in [0.05, 0.1) is 25.0 Å². The zero-order valence-corrected chi connectivity index (χ0v) is 18.3. The van der Waals surface area contributed by atoms with Crippen molar-refractivity contribution in [2.45, 2.75) is 25.7 Å². The first-order chi connectivity index (χ1) is 15.6. The maximum absolute atomic E-state index is 13.2. The van der Waals surface area contributed by atoms with Gasteiger partial charge in [-0.1, -0.05) is 84.9 Å². The molecule has 0 radical (unpaired) electrons. The van der Waals surface area contributed by atoms with Gasteiger partial charge in [-0.2, -0.15) is 0 Å². The number of fused-ring (bicyclic) bond motifs is 2. The van der Waals surface area contributed by atoms with Gasteiger partial charge in [0.2, 0.25) is 0 Å². The lowest BCUT2D eigenvalue weighted by Crippen LogP contribution is -2.29. The van der Waals surface area contributed by atoms with Crippen LogP contribution in [-0.4, -0.2) is 25.2 Å². The first kappa shape index (κ1) is 21.6. The molecule has 0 saturated heterocycles. The van der Waals surface area contributed by atoms with Crippen LogP contribution in [-0.2, 0) is 19.1 Å². The maximum atomic E-state index is 13.2. The number of ether oxygens (including phenoxy) is 2. The molecule has 0 aliphatic rings. The highest BCUT2D eigenvalue weighted by Crippen LogP contribution is 2.38. The molecule has 0 fully saturated rings. The highest BCUT2D eigenvalue weighted by atomic mass is 16.5. The van der Waals surface area contributed by atoms with Gasteiger partial charge in [-0.05, 0) is 46.5 Å². The van der Waals surface area contributed by atoms with Crippen LogP contribution in [0.5, 0.6) is 0 Å². The SMILES string of the molecule is CCOC(=O)C(c1ccc2ccccc2c1)C(C(=O)OCC)c1ccc2ccccc2c1. The summed E-state index contributed by atoms with van der Waals surface area (Å²) < 4.78 is 10.9. The fourth-order valence-electron chi connectivity index (χ4n) is 4.20. The molecule has 0 aromatic heterocycles. The molecule has 0 amide bonds. The quantitative estimate of drug-likeness (QED) is 0.341. The van der Waals surface area contributed by atoms with E-state index in [1.807, 2.05) is 84.9 Å². The summed E-state index contributed by atoms with van der Waals surface area (Å²) in [4.78, 5) is 26.5. The van der Waals surface area contributed by atoms with E-state index in [4.69, 9.17) is 9.47 Å². The van der Waals surface area contributed by atoms with E-state index >= 15 is 0 Å². The Morgan fingerprint density at radius 1 is 0.594 bits per heavy atom.